The lowest BCUT2D eigenvalue weighted by molar-refractivity contribution is 0.0942. The Labute approximate surface area is 162 Å². The molecular formula is C22H21N3OS. The standard InChI is InChI=1S/C22H21N3OS/c1-15-8-3-4-9-17(15)14-25-19-11-6-5-10-18(19)24-21(25)16(2)23-22(26)20-12-7-13-27-20/h3-13,16H,14H2,1-2H3,(H,23,26). The number of amides is 1. The van der Waals surface area contributed by atoms with Crippen LogP contribution in [0.15, 0.2) is 66.0 Å². The second kappa shape index (κ2) is 7.37. The number of hydrogen-bond acceptors (Lipinski definition) is 3. The van der Waals surface area contributed by atoms with E-state index in [-0.39, 0.29) is 11.9 Å². The maximum Gasteiger partial charge on any atom is 0.261 e. The van der Waals surface area contributed by atoms with Crippen LogP contribution in [0.1, 0.15) is 39.6 Å². The molecule has 136 valence electrons. The van der Waals surface area contributed by atoms with Crippen molar-refractivity contribution in [3.8, 4) is 0 Å². The van der Waals surface area contributed by atoms with E-state index < -0.39 is 0 Å². The van der Waals surface area contributed by atoms with Gasteiger partial charge in [0.25, 0.3) is 5.91 Å². The van der Waals surface area contributed by atoms with Gasteiger partial charge < -0.3 is 9.88 Å². The number of thiophene rings is 1. The average Bonchev–Trinajstić information content (AvgIpc) is 3.32. The van der Waals surface area contributed by atoms with Crippen molar-refractivity contribution in [2.24, 2.45) is 0 Å². The summed E-state index contributed by atoms with van der Waals surface area (Å²) < 4.78 is 2.21. The number of fused-ring (bicyclic) bond motifs is 1. The van der Waals surface area contributed by atoms with Crippen LogP contribution in [0.5, 0.6) is 0 Å². The summed E-state index contributed by atoms with van der Waals surface area (Å²) in [6.07, 6.45) is 0. The summed E-state index contributed by atoms with van der Waals surface area (Å²) in [5.74, 6) is 0.802. The van der Waals surface area contributed by atoms with E-state index in [1.54, 1.807) is 0 Å². The summed E-state index contributed by atoms with van der Waals surface area (Å²) in [6.45, 7) is 4.83. The van der Waals surface area contributed by atoms with Crippen molar-refractivity contribution < 1.29 is 4.79 Å². The summed E-state index contributed by atoms with van der Waals surface area (Å²) >= 11 is 1.44. The lowest BCUT2D eigenvalue weighted by Crippen LogP contribution is -2.28. The highest BCUT2D eigenvalue weighted by atomic mass is 32.1. The molecule has 1 unspecified atom stereocenters. The first-order chi connectivity index (χ1) is 13.1. The summed E-state index contributed by atoms with van der Waals surface area (Å²) in [7, 11) is 0. The monoisotopic (exact) mass is 375 g/mol. The van der Waals surface area contributed by atoms with Crippen molar-refractivity contribution in [3.05, 3.63) is 87.9 Å². The minimum absolute atomic E-state index is 0.0630. The molecule has 0 aliphatic rings. The number of nitrogens with one attached hydrogen (secondary N) is 1. The number of imidazole rings is 1. The van der Waals surface area contributed by atoms with Gasteiger partial charge in [-0.1, -0.05) is 42.5 Å². The zero-order chi connectivity index (χ0) is 18.8. The lowest BCUT2D eigenvalue weighted by atomic mass is 10.1. The number of aryl methyl sites for hydroxylation is 1. The first kappa shape index (κ1) is 17.5. The molecule has 0 spiro atoms. The molecule has 0 bridgehead atoms. The molecule has 5 heteroatoms. The number of para-hydroxylation sites is 2. The molecule has 2 heterocycles. The molecule has 0 aliphatic carbocycles. The Morgan fingerprint density at radius 2 is 1.89 bits per heavy atom. The minimum atomic E-state index is -0.198. The predicted molar refractivity (Wildman–Crippen MR) is 110 cm³/mol. The van der Waals surface area contributed by atoms with Crippen LogP contribution in [-0.2, 0) is 6.54 Å². The first-order valence-corrected chi connectivity index (χ1v) is 9.85. The Hall–Kier alpha value is -2.92. The highest BCUT2D eigenvalue weighted by molar-refractivity contribution is 7.12. The van der Waals surface area contributed by atoms with E-state index in [1.807, 2.05) is 42.6 Å². The van der Waals surface area contributed by atoms with Gasteiger partial charge in [-0.15, -0.1) is 11.3 Å². The number of nitrogens with zero attached hydrogens (tertiary/aromatic N) is 2. The first-order valence-electron chi connectivity index (χ1n) is 8.97. The summed E-state index contributed by atoms with van der Waals surface area (Å²) in [6, 6.07) is 20.0. The molecule has 0 saturated heterocycles. The Kier molecular flexibility index (Phi) is 4.77. The quantitative estimate of drug-likeness (QED) is 0.537. The largest absolute Gasteiger partial charge is 0.342 e. The Bertz CT molecular complexity index is 1080. The maximum atomic E-state index is 12.5. The number of hydrogen-bond donors (Lipinski definition) is 1. The Balaban J connectivity index is 1.71. The van der Waals surface area contributed by atoms with Gasteiger partial charge in [0, 0.05) is 6.54 Å². The van der Waals surface area contributed by atoms with E-state index >= 15 is 0 Å². The molecule has 1 atom stereocenters. The van der Waals surface area contributed by atoms with Gasteiger partial charge >= 0.3 is 0 Å². The molecule has 4 rings (SSSR count). The van der Waals surface area contributed by atoms with Crippen LogP contribution in [0, 0.1) is 6.92 Å². The van der Waals surface area contributed by atoms with Gasteiger partial charge in [-0.25, -0.2) is 4.98 Å². The fourth-order valence-corrected chi connectivity index (χ4v) is 3.92. The van der Waals surface area contributed by atoms with Crippen LogP contribution in [0.25, 0.3) is 11.0 Å². The third kappa shape index (κ3) is 3.51. The number of rotatable bonds is 5. The van der Waals surface area contributed by atoms with E-state index in [4.69, 9.17) is 4.98 Å². The number of aromatic nitrogens is 2. The molecule has 0 radical (unpaired) electrons. The second-order valence-corrected chi connectivity index (χ2v) is 7.59. The lowest BCUT2D eigenvalue weighted by Gasteiger charge is -2.17. The van der Waals surface area contributed by atoms with Gasteiger partial charge in [-0.3, -0.25) is 4.79 Å². The number of carbonyl (C=O) groups excluding carboxylic acids is 1. The highest BCUT2D eigenvalue weighted by Crippen LogP contribution is 2.23. The molecule has 27 heavy (non-hydrogen) atoms. The molecule has 0 aliphatic heterocycles. The van der Waals surface area contributed by atoms with Crippen LogP contribution in [-0.4, -0.2) is 15.5 Å². The van der Waals surface area contributed by atoms with Crippen molar-refractivity contribution in [1.29, 1.82) is 0 Å². The maximum absolute atomic E-state index is 12.5. The summed E-state index contributed by atoms with van der Waals surface area (Å²) in [4.78, 5) is 18.0. The Morgan fingerprint density at radius 1 is 1.11 bits per heavy atom. The molecule has 4 nitrogen and oxygen atoms in total. The fraction of sp³-hybridized carbons (Fsp3) is 0.182. The molecule has 1 N–H and O–H groups in total. The highest BCUT2D eigenvalue weighted by Gasteiger charge is 2.19. The normalized spacial score (nSPS) is 12.2. The molecule has 0 fully saturated rings. The van der Waals surface area contributed by atoms with Crippen LogP contribution in [0.3, 0.4) is 0 Å². The summed E-state index contributed by atoms with van der Waals surface area (Å²) in [5, 5.41) is 5.00. The minimum Gasteiger partial charge on any atom is -0.342 e. The third-order valence-electron chi connectivity index (χ3n) is 4.75. The number of carbonyl (C=O) groups is 1. The fourth-order valence-electron chi connectivity index (χ4n) is 3.29. The van der Waals surface area contributed by atoms with Crippen molar-refractivity contribution in [2.75, 3.05) is 0 Å². The average molecular weight is 375 g/mol. The topological polar surface area (TPSA) is 46.9 Å². The third-order valence-corrected chi connectivity index (χ3v) is 5.62. The van der Waals surface area contributed by atoms with E-state index in [0.717, 1.165) is 23.4 Å². The van der Waals surface area contributed by atoms with Gasteiger partial charge in [0.2, 0.25) is 0 Å². The van der Waals surface area contributed by atoms with Crippen LogP contribution < -0.4 is 5.32 Å². The van der Waals surface area contributed by atoms with Gasteiger partial charge in [-0.05, 0) is 48.6 Å². The molecule has 0 saturated carbocycles. The zero-order valence-electron chi connectivity index (χ0n) is 15.3. The van der Waals surface area contributed by atoms with E-state index in [9.17, 15) is 4.79 Å². The predicted octanol–water partition coefficient (Wildman–Crippen LogP) is 4.95. The molecular weight excluding hydrogens is 354 g/mol. The Morgan fingerprint density at radius 3 is 2.67 bits per heavy atom. The molecule has 2 aromatic carbocycles. The molecule has 1 amide bonds. The smallest absolute Gasteiger partial charge is 0.261 e. The van der Waals surface area contributed by atoms with Crippen LogP contribution in [0.4, 0.5) is 0 Å². The second-order valence-electron chi connectivity index (χ2n) is 6.64. The van der Waals surface area contributed by atoms with Crippen molar-refractivity contribution >= 4 is 28.3 Å². The van der Waals surface area contributed by atoms with Gasteiger partial charge in [0.05, 0.1) is 22.0 Å². The van der Waals surface area contributed by atoms with Crippen molar-refractivity contribution in [2.45, 2.75) is 26.4 Å². The number of benzene rings is 2. The van der Waals surface area contributed by atoms with Crippen LogP contribution in [0.2, 0.25) is 0 Å². The van der Waals surface area contributed by atoms with Crippen molar-refractivity contribution in [1.82, 2.24) is 14.9 Å². The van der Waals surface area contributed by atoms with E-state index in [1.165, 1.54) is 22.5 Å². The van der Waals surface area contributed by atoms with Gasteiger partial charge in [0.15, 0.2) is 0 Å². The molecule has 2 aromatic heterocycles. The zero-order valence-corrected chi connectivity index (χ0v) is 16.2. The summed E-state index contributed by atoms with van der Waals surface area (Å²) in [5.41, 5.74) is 4.52. The SMILES string of the molecule is Cc1ccccc1Cn1c(C(C)NC(=O)c2cccs2)nc2ccccc21. The van der Waals surface area contributed by atoms with Crippen LogP contribution >= 0.6 is 11.3 Å². The van der Waals surface area contributed by atoms with E-state index in [0.29, 0.717) is 4.88 Å². The van der Waals surface area contributed by atoms with Gasteiger partial charge in [-0.2, -0.15) is 0 Å². The molecule has 4 aromatic rings. The van der Waals surface area contributed by atoms with Crippen molar-refractivity contribution in [3.63, 3.8) is 0 Å². The van der Waals surface area contributed by atoms with E-state index in [2.05, 4.69) is 47.1 Å². The van der Waals surface area contributed by atoms with Gasteiger partial charge in [0.1, 0.15) is 5.82 Å².